The number of aliphatic hydroxyl groups excluding tert-OH is 2. The number of aliphatic carboxylic acids is 1. The molecular formula is C29H35FN2O5. The number of benzene rings is 2. The Morgan fingerprint density at radius 2 is 1.57 bits per heavy atom. The number of halogens is 1. The van der Waals surface area contributed by atoms with Gasteiger partial charge in [-0.1, -0.05) is 42.5 Å². The van der Waals surface area contributed by atoms with Gasteiger partial charge in [-0.15, -0.1) is 0 Å². The first kappa shape index (κ1) is 28.1. The molecule has 3 rings (SSSR count). The molecule has 0 bridgehead atoms. The predicted octanol–water partition coefficient (Wildman–Crippen LogP) is 4.81. The van der Waals surface area contributed by atoms with Crippen molar-refractivity contribution in [3.05, 3.63) is 71.8 Å². The lowest BCUT2D eigenvalue weighted by atomic mass is 9.92. The molecule has 0 saturated carbocycles. The van der Waals surface area contributed by atoms with Crippen LogP contribution in [0.5, 0.6) is 0 Å². The van der Waals surface area contributed by atoms with Gasteiger partial charge in [-0.05, 0) is 63.3 Å². The fourth-order valence-electron chi connectivity index (χ4n) is 4.75. The molecule has 0 unspecified atom stereocenters. The summed E-state index contributed by atoms with van der Waals surface area (Å²) in [5.41, 5.74) is 4.36. The van der Waals surface area contributed by atoms with Crippen molar-refractivity contribution in [3.8, 4) is 22.3 Å². The number of carboxylic acid groups (broad SMARTS) is 1. The molecule has 0 aliphatic heterocycles. The van der Waals surface area contributed by atoms with E-state index < -0.39 is 24.6 Å². The zero-order valence-corrected chi connectivity index (χ0v) is 21.4. The van der Waals surface area contributed by atoms with E-state index in [9.17, 15) is 24.2 Å². The number of nitrogens with zero attached hydrogens (tertiary/aromatic N) is 1. The molecule has 8 heteroatoms. The summed E-state index contributed by atoms with van der Waals surface area (Å²) in [7, 11) is 0. The van der Waals surface area contributed by atoms with Crippen LogP contribution < -0.4 is 5.32 Å². The number of hydrogen-bond acceptors (Lipinski definition) is 4. The standard InChI is InChI=1S/C29H35FN2O5/c1-4-31-29(37)28-27(19-8-6-5-7-9-19)26(20-10-12-21(30)13-11-20)24(32(28)18(2)3)15-14-22(33)16-23(34)17-25(35)36/h5-13,18,22-23,33-34H,4,14-17H2,1-3H3,(H,31,37)(H,35,36)/t22-,23-/m1/s1. The van der Waals surface area contributed by atoms with Crippen LogP contribution in [-0.4, -0.2) is 50.5 Å². The summed E-state index contributed by atoms with van der Waals surface area (Å²) in [5.74, 6) is -1.74. The summed E-state index contributed by atoms with van der Waals surface area (Å²) >= 11 is 0. The SMILES string of the molecule is CCNC(=O)c1c(-c2ccccc2)c(-c2ccc(F)cc2)c(CC[C@@H](O)C[C@@H](O)CC(=O)O)n1C(C)C. The van der Waals surface area contributed by atoms with Gasteiger partial charge in [0.25, 0.3) is 5.91 Å². The third-order valence-electron chi connectivity index (χ3n) is 6.24. The molecule has 2 aromatic carbocycles. The first-order valence-corrected chi connectivity index (χ1v) is 12.6. The number of carbonyl (C=O) groups is 2. The predicted molar refractivity (Wildman–Crippen MR) is 141 cm³/mol. The summed E-state index contributed by atoms with van der Waals surface area (Å²) in [6, 6.07) is 15.5. The Morgan fingerprint density at radius 3 is 2.14 bits per heavy atom. The number of carboxylic acids is 1. The first-order valence-electron chi connectivity index (χ1n) is 12.6. The Bertz CT molecular complexity index is 1210. The smallest absolute Gasteiger partial charge is 0.305 e. The van der Waals surface area contributed by atoms with Gasteiger partial charge in [-0.25, -0.2) is 4.39 Å². The molecule has 0 radical (unpaired) electrons. The Balaban J connectivity index is 2.21. The number of amides is 1. The summed E-state index contributed by atoms with van der Waals surface area (Å²) in [6.45, 7) is 6.24. The van der Waals surface area contributed by atoms with Crippen molar-refractivity contribution in [2.24, 2.45) is 0 Å². The van der Waals surface area contributed by atoms with Crippen LogP contribution in [0.25, 0.3) is 22.3 Å². The van der Waals surface area contributed by atoms with Crippen LogP contribution in [-0.2, 0) is 11.2 Å². The van der Waals surface area contributed by atoms with Crippen molar-refractivity contribution in [2.75, 3.05) is 6.54 Å². The number of hydrogen-bond donors (Lipinski definition) is 4. The maximum Gasteiger partial charge on any atom is 0.305 e. The lowest BCUT2D eigenvalue weighted by Gasteiger charge is -2.20. The monoisotopic (exact) mass is 510 g/mol. The molecule has 37 heavy (non-hydrogen) atoms. The molecule has 3 aromatic rings. The largest absolute Gasteiger partial charge is 0.481 e. The van der Waals surface area contributed by atoms with Gasteiger partial charge in [0.05, 0.1) is 18.6 Å². The van der Waals surface area contributed by atoms with Gasteiger partial charge in [-0.3, -0.25) is 9.59 Å². The van der Waals surface area contributed by atoms with Crippen LogP contribution in [0.4, 0.5) is 4.39 Å². The maximum absolute atomic E-state index is 13.9. The molecule has 2 atom stereocenters. The molecule has 0 aliphatic rings. The summed E-state index contributed by atoms with van der Waals surface area (Å²) < 4.78 is 15.8. The van der Waals surface area contributed by atoms with E-state index in [1.54, 1.807) is 12.1 Å². The number of carbonyl (C=O) groups excluding carboxylic acids is 1. The average Bonchev–Trinajstić information content (AvgIpc) is 3.19. The molecule has 0 fully saturated rings. The minimum Gasteiger partial charge on any atom is -0.481 e. The van der Waals surface area contributed by atoms with Crippen molar-refractivity contribution in [2.45, 2.75) is 64.7 Å². The van der Waals surface area contributed by atoms with Gasteiger partial charge in [-0.2, -0.15) is 0 Å². The zero-order chi connectivity index (χ0) is 27.1. The second kappa shape index (κ2) is 12.7. The highest BCUT2D eigenvalue weighted by Crippen LogP contribution is 2.42. The first-order chi connectivity index (χ1) is 17.6. The Morgan fingerprint density at radius 1 is 0.946 bits per heavy atom. The van der Waals surface area contributed by atoms with E-state index in [0.29, 0.717) is 18.7 Å². The van der Waals surface area contributed by atoms with Crippen molar-refractivity contribution in [1.29, 1.82) is 0 Å². The minimum absolute atomic E-state index is 0.0741. The quantitative estimate of drug-likeness (QED) is 0.279. The van der Waals surface area contributed by atoms with Crippen molar-refractivity contribution in [3.63, 3.8) is 0 Å². The van der Waals surface area contributed by atoms with Crippen LogP contribution in [0.3, 0.4) is 0 Å². The lowest BCUT2D eigenvalue weighted by molar-refractivity contribution is -0.139. The highest BCUT2D eigenvalue weighted by molar-refractivity contribution is 6.05. The lowest BCUT2D eigenvalue weighted by Crippen LogP contribution is -2.27. The van der Waals surface area contributed by atoms with Gasteiger partial charge in [0.15, 0.2) is 0 Å². The van der Waals surface area contributed by atoms with E-state index in [0.717, 1.165) is 27.9 Å². The average molecular weight is 511 g/mol. The molecule has 0 aliphatic carbocycles. The Labute approximate surface area is 216 Å². The molecule has 4 N–H and O–H groups in total. The van der Waals surface area contributed by atoms with Gasteiger partial charge < -0.3 is 25.2 Å². The second-order valence-corrected chi connectivity index (χ2v) is 9.42. The van der Waals surface area contributed by atoms with E-state index >= 15 is 0 Å². The van der Waals surface area contributed by atoms with Crippen LogP contribution in [0, 0.1) is 5.82 Å². The molecule has 1 amide bonds. The van der Waals surface area contributed by atoms with E-state index in [2.05, 4.69) is 5.32 Å². The maximum atomic E-state index is 13.9. The molecular weight excluding hydrogens is 475 g/mol. The number of aromatic nitrogens is 1. The zero-order valence-electron chi connectivity index (χ0n) is 21.4. The molecule has 0 saturated heterocycles. The number of rotatable bonds is 12. The van der Waals surface area contributed by atoms with Gasteiger partial charge in [0.2, 0.25) is 0 Å². The van der Waals surface area contributed by atoms with Crippen molar-refractivity contribution in [1.82, 2.24) is 9.88 Å². The van der Waals surface area contributed by atoms with E-state index in [1.807, 2.05) is 55.7 Å². The van der Waals surface area contributed by atoms with E-state index in [1.165, 1.54) is 12.1 Å². The number of aliphatic hydroxyl groups is 2. The third-order valence-corrected chi connectivity index (χ3v) is 6.24. The summed E-state index contributed by atoms with van der Waals surface area (Å²) in [5, 5.41) is 32.4. The minimum atomic E-state index is -1.16. The summed E-state index contributed by atoms with van der Waals surface area (Å²) in [6.07, 6.45) is -2.03. The Kier molecular flexibility index (Phi) is 9.60. The van der Waals surface area contributed by atoms with Crippen molar-refractivity contribution < 1.29 is 29.3 Å². The van der Waals surface area contributed by atoms with Crippen LogP contribution in [0.1, 0.15) is 62.3 Å². The van der Waals surface area contributed by atoms with Crippen LogP contribution in [0.15, 0.2) is 54.6 Å². The molecule has 198 valence electrons. The van der Waals surface area contributed by atoms with Gasteiger partial charge in [0, 0.05) is 29.4 Å². The van der Waals surface area contributed by atoms with Gasteiger partial charge >= 0.3 is 5.97 Å². The fourth-order valence-corrected chi connectivity index (χ4v) is 4.75. The van der Waals surface area contributed by atoms with Crippen molar-refractivity contribution >= 4 is 11.9 Å². The summed E-state index contributed by atoms with van der Waals surface area (Å²) in [4.78, 5) is 24.4. The van der Waals surface area contributed by atoms with Crippen LogP contribution >= 0.6 is 0 Å². The van der Waals surface area contributed by atoms with Crippen LogP contribution in [0.2, 0.25) is 0 Å². The molecule has 7 nitrogen and oxygen atoms in total. The van der Waals surface area contributed by atoms with Gasteiger partial charge in [0.1, 0.15) is 11.5 Å². The fraction of sp³-hybridized carbons (Fsp3) is 0.379. The molecule has 0 spiro atoms. The topological polar surface area (TPSA) is 112 Å². The highest BCUT2D eigenvalue weighted by atomic mass is 19.1. The molecule has 1 heterocycles. The number of nitrogens with one attached hydrogen (secondary N) is 1. The van der Waals surface area contributed by atoms with E-state index in [-0.39, 0.29) is 30.6 Å². The second-order valence-electron chi connectivity index (χ2n) is 9.42. The third kappa shape index (κ3) is 6.84. The normalized spacial score (nSPS) is 12.9. The highest BCUT2D eigenvalue weighted by Gasteiger charge is 2.30. The van der Waals surface area contributed by atoms with E-state index in [4.69, 9.17) is 5.11 Å². The Hall–Kier alpha value is -3.49. The molecule has 1 aromatic heterocycles.